The van der Waals surface area contributed by atoms with Crippen LogP contribution in [0.1, 0.15) is 25.6 Å². The van der Waals surface area contributed by atoms with E-state index in [0.29, 0.717) is 17.1 Å². The van der Waals surface area contributed by atoms with Crippen LogP contribution in [-0.4, -0.2) is 6.54 Å². The third-order valence-electron chi connectivity index (χ3n) is 2.39. The second-order valence-corrected chi connectivity index (χ2v) is 4.48. The molecular formula is C11H15ClFN. The molecule has 78 valence electrons. The van der Waals surface area contributed by atoms with E-state index in [1.165, 1.54) is 0 Å². The quantitative estimate of drug-likeness (QED) is 0.823. The third-order valence-corrected chi connectivity index (χ3v) is 2.73. The summed E-state index contributed by atoms with van der Waals surface area (Å²) in [7, 11) is 0. The SMILES string of the molecule is CC(C)(CN)C(F)c1ccccc1Cl. The van der Waals surface area contributed by atoms with E-state index >= 15 is 0 Å². The van der Waals surface area contributed by atoms with Gasteiger partial charge in [0.05, 0.1) is 0 Å². The van der Waals surface area contributed by atoms with Crippen LogP contribution in [0.15, 0.2) is 24.3 Å². The summed E-state index contributed by atoms with van der Waals surface area (Å²) in [6, 6.07) is 6.95. The summed E-state index contributed by atoms with van der Waals surface area (Å²) in [6.07, 6.45) is -1.12. The van der Waals surface area contributed by atoms with E-state index in [1.54, 1.807) is 38.1 Å². The number of halogens is 2. The molecule has 3 heteroatoms. The first kappa shape index (κ1) is 11.5. The lowest BCUT2D eigenvalue weighted by Crippen LogP contribution is -2.28. The van der Waals surface area contributed by atoms with Gasteiger partial charge in [-0.25, -0.2) is 4.39 Å². The summed E-state index contributed by atoms with van der Waals surface area (Å²) in [5.41, 5.74) is 5.45. The lowest BCUT2D eigenvalue weighted by molar-refractivity contribution is 0.153. The normalized spacial score (nSPS) is 14.1. The number of alkyl halides is 1. The maximum atomic E-state index is 14.0. The van der Waals surface area contributed by atoms with Crippen LogP contribution in [0, 0.1) is 5.41 Å². The monoisotopic (exact) mass is 215 g/mol. The van der Waals surface area contributed by atoms with Gasteiger partial charge in [0, 0.05) is 22.5 Å². The van der Waals surface area contributed by atoms with Crippen molar-refractivity contribution in [3.05, 3.63) is 34.9 Å². The van der Waals surface area contributed by atoms with Crippen LogP contribution >= 0.6 is 11.6 Å². The highest BCUT2D eigenvalue weighted by molar-refractivity contribution is 6.31. The van der Waals surface area contributed by atoms with Crippen molar-refractivity contribution in [2.24, 2.45) is 11.1 Å². The number of rotatable bonds is 3. The van der Waals surface area contributed by atoms with E-state index in [2.05, 4.69) is 0 Å². The highest BCUT2D eigenvalue weighted by Gasteiger charge is 2.30. The van der Waals surface area contributed by atoms with E-state index in [-0.39, 0.29) is 0 Å². The average molecular weight is 216 g/mol. The summed E-state index contributed by atoms with van der Waals surface area (Å²) in [5.74, 6) is 0. The highest BCUT2D eigenvalue weighted by atomic mass is 35.5. The van der Waals surface area contributed by atoms with Gasteiger partial charge in [-0.3, -0.25) is 0 Å². The maximum Gasteiger partial charge on any atom is 0.133 e. The molecule has 0 amide bonds. The van der Waals surface area contributed by atoms with Crippen LogP contribution in [0.4, 0.5) is 4.39 Å². The Morgan fingerprint density at radius 2 is 2.00 bits per heavy atom. The molecule has 0 saturated carbocycles. The summed E-state index contributed by atoms with van der Waals surface area (Å²) < 4.78 is 14.0. The fraction of sp³-hybridized carbons (Fsp3) is 0.455. The van der Waals surface area contributed by atoms with Gasteiger partial charge in [0.2, 0.25) is 0 Å². The van der Waals surface area contributed by atoms with Crippen LogP contribution < -0.4 is 5.73 Å². The molecule has 1 aromatic rings. The molecule has 0 radical (unpaired) electrons. The minimum absolute atomic E-state index is 0.291. The Bertz CT molecular complexity index is 312. The molecule has 0 aromatic heterocycles. The Labute approximate surface area is 89.1 Å². The molecule has 0 aliphatic heterocycles. The molecule has 14 heavy (non-hydrogen) atoms. The topological polar surface area (TPSA) is 26.0 Å². The molecule has 0 spiro atoms. The molecule has 0 aliphatic carbocycles. The Morgan fingerprint density at radius 3 is 2.50 bits per heavy atom. The molecule has 0 saturated heterocycles. The smallest absolute Gasteiger partial charge is 0.133 e. The zero-order chi connectivity index (χ0) is 10.8. The average Bonchev–Trinajstić information content (AvgIpc) is 2.17. The molecule has 1 nitrogen and oxygen atoms in total. The summed E-state index contributed by atoms with van der Waals surface area (Å²) in [5, 5.41) is 0.460. The predicted molar refractivity (Wildman–Crippen MR) is 58.1 cm³/mol. The van der Waals surface area contributed by atoms with Crippen molar-refractivity contribution < 1.29 is 4.39 Å². The zero-order valence-electron chi connectivity index (χ0n) is 8.43. The molecule has 0 fully saturated rings. The van der Waals surface area contributed by atoms with Crippen molar-refractivity contribution in [1.29, 1.82) is 0 Å². The Morgan fingerprint density at radius 1 is 1.43 bits per heavy atom. The van der Waals surface area contributed by atoms with Crippen molar-refractivity contribution in [2.75, 3.05) is 6.54 Å². The third kappa shape index (κ3) is 2.25. The van der Waals surface area contributed by atoms with Gasteiger partial charge in [0.25, 0.3) is 0 Å². The van der Waals surface area contributed by atoms with E-state index in [0.717, 1.165) is 0 Å². The maximum absolute atomic E-state index is 14.0. The van der Waals surface area contributed by atoms with Crippen LogP contribution in [0.3, 0.4) is 0 Å². The van der Waals surface area contributed by atoms with Gasteiger partial charge in [-0.15, -0.1) is 0 Å². The Hall–Kier alpha value is -0.600. The minimum Gasteiger partial charge on any atom is -0.330 e. The first-order valence-corrected chi connectivity index (χ1v) is 4.95. The zero-order valence-corrected chi connectivity index (χ0v) is 9.18. The first-order valence-electron chi connectivity index (χ1n) is 4.57. The van der Waals surface area contributed by atoms with Gasteiger partial charge >= 0.3 is 0 Å². The second kappa shape index (κ2) is 4.28. The lowest BCUT2D eigenvalue weighted by Gasteiger charge is -2.27. The first-order chi connectivity index (χ1) is 6.49. The molecule has 0 bridgehead atoms. The van der Waals surface area contributed by atoms with Crippen molar-refractivity contribution >= 4 is 11.6 Å². The fourth-order valence-corrected chi connectivity index (χ4v) is 1.44. The van der Waals surface area contributed by atoms with Crippen molar-refractivity contribution in [1.82, 2.24) is 0 Å². The van der Waals surface area contributed by atoms with Crippen LogP contribution in [0.5, 0.6) is 0 Å². The van der Waals surface area contributed by atoms with Gasteiger partial charge in [0.1, 0.15) is 6.17 Å². The van der Waals surface area contributed by atoms with E-state index in [4.69, 9.17) is 17.3 Å². The van der Waals surface area contributed by atoms with Crippen LogP contribution in [0.2, 0.25) is 5.02 Å². The molecule has 1 rings (SSSR count). The van der Waals surface area contributed by atoms with Crippen LogP contribution in [0.25, 0.3) is 0 Å². The minimum atomic E-state index is -1.12. The van der Waals surface area contributed by atoms with Crippen molar-refractivity contribution in [3.8, 4) is 0 Å². The molecule has 2 N–H and O–H groups in total. The largest absolute Gasteiger partial charge is 0.330 e. The fourth-order valence-electron chi connectivity index (χ4n) is 1.21. The highest BCUT2D eigenvalue weighted by Crippen LogP contribution is 2.38. The number of hydrogen-bond acceptors (Lipinski definition) is 1. The van der Waals surface area contributed by atoms with Gasteiger partial charge in [0.15, 0.2) is 0 Å². The van der Waals surface area contributed by atoms with E-state index < -0.39 is 11.6 Å². The van der Waals surface area contributed by atoms with Gasteiger partial charge in [-0.2, -0.15) is 0 Å². The van der Waals surface area contributed by atoms with E-state index in [1.807, 2.05) is 0 Å². The molecule has 1 atom stereocenters. The summed E-state index contributed by atoms with van der Waals surface area (Å²) in [6.45, 7) is 3.88. The van der Waals surface area contributed by atoms with Crippen LogP contribution in [-0.2, 0) is 0 Å². The Kier molecular flexibility index (Phi) is 3.51. The van der Waals surface area contributed by atoms with E-state index in [9.17, 15) is 4.39 Å². The second-order valence-electron chi connectivity index (χ2n) is 4.08. The standard InChI is InChI=1S/C11H15ClFN/c1-11(2,7-14)10(13)8-5-3-4-6-9(8)12/h3-6,10H,7,14H2,1-2H3. The van der Waals surface area contributed by atoms with Gasteiger partial charge in [-0.1, -0.05) is 43.6 Å². The molecule has 1 aromatic carbocycles. The van der Waals surface area contributed by atoms with Gasteiger partial charge < -0.3 is 5.73 Å². The number of hydrogen-bond donors (Lipinski definition) is 1. The van der Waals surface area contributed by atoms with Gasteiger partial charge in [-0.05, 0) is 6.07 Å². The summed E-state index contributed by atoms with van der Waals surface area (Å²) in [4.78, 5) is 0. The molecule has 0 aliphatic rings. The number of benzene rings is 1. The Balaban J connectivity index is 3.00. The molecule has 1 unspecified atom stereocenters. The predicted octanol–water partition coefficient (Wildman–Crippen LogP) is 3.34. The summed E-state index contributed by atoms with van der Waals surface area (Å²) >= 11 is 5.90. The lowest BCUT2D eigenvalue weighted by atomic mass is 9.84. The molecular weight excluding hydrogens is 201 g/mol. The molecule has 0 heterocycles. The van der Waals surface area contributed by atoms with Crippen molar-refractivity contribution in [3.63, 3.8) is 0 Å². The number of nitrogens with two attached hydrogens (primary N) is 1. The van der Waals surface area contributed by atoms with Crippen molar-refractivity contribution in [2.45, 2.75) is 20.0 Å².